The van der Waals surface area contributed by atoms with Crippen molar-refractivity contribution in [2.75, 3.05) is 0 Å². The molecule has 0 radical (unpaired) electrons. The van der Waals surface area contributed by atoms with E-state index in [1.165, 1.54) is 0 Å². The maximum absolute atomic E-state index is 13.0. The fourth-order valence-corrected chi connectivity index (χ4v) is 3.32. The summed E-state index contributed by atoms with van der Waals surface area (Å²) < 4.78 is 83.1. The normalized spacial score (nSPS) is 13.1. The number of ether oxygens (including phenoxy) is 1. The van der Waals surface area contributed by atoms with Crippen LogP contribution in [0, 0.1) is 0 Å². The minimum absolute atomic E-state index is 0.00117. The third-order valence-electron chi connectivity index (χ3n) is 4.79. The molecule has 1 amide bonds. The summed E-state index contributed by atoms with van der Waals surface area (Å²) in [6.07, 6.45) is -8.41. The van der Waals surface area contributed by atoms with Crippen molar-refractivity contribution in [3.63, 3.8) is 0 Å². The van der Waals surface area contributed by atoms with Crippen LogP contribution in [0.1, 0.15) is 29.2 Å². The van der Waals surface area contributed by atoms with Gasteiger partial charge in [0.15, 0.2) is 0 Å². The number of benzene rings is 2. The number of aromatic amines is 1. The molecule has 3 aromatic rings. The molecule has 0 unspecified atom stereocenters. The number of fused-ring (bicyclic) bond motifs is 1. The van der Waals surface area contributed by atoms with E-state index in [-0.39, 0.29) is 12.5 Å². The Morgan fingerprint density at radius 1 is 1.00 bits per heavy atom. The summed E-state index contributed by atoms with van der Waals surface area (Å²) in [5.74, 6) is -1.56. The van der Waals surface area contributed by atoms with Gasteiger partial charge in [-0.05, 0) is 35.4 Å². The minimum Gasteiger partial charge on any atom is -0.459 e. The lowest BCUT2D eigenvalue weighted by Crippen LogP contribution is -2.42. The predicted octanol–water partition coefficient (Wildman–Crippen LogP) is 5.00. The standard InChI is InChI=1S/C22H18F6N2O3/c1-12(31)30-19(8-14-10-29-18-5-3-2-4-17(14)18)20(32)33-11-13-6-15(21(23,24)25)9-16(7-13)22(26,27)28/h2-7,9-10,19,29H,8,11H2,1H3,(H,30,31)/t19-/m1/s1. The molecule has 5 nitrogen and oxygen atoms in total. The van der Waals surface area contributed by atoms with Crippen molar-refractivity contribution >= 4 is 22.8 Å². The summed E-state index contributed by atoms with van der Waals surface area (Å²) >= 11 is 0. The van der Waals surface area contributed by atoms with Crippen molar-refractivity contribution in [3.05, 3.63) is 70.9 Å². The number of hydrogen-bond donors (Lipinski definition) is 2. The summed E-state index contributed by atoms with van der Waals surface area (Å²) in [4.78, 5) is 27.2. The Hall–Kier alpha value is -3.50. The van der Waals surface area contributed by atoms with Crippen molar-refractivity contribution in [2.24, 2.45) is 0 Å². The quantitative estimate of drug-likeness (QED) is 0.392. The van der Waals surface area contributed by atoms with Gasteiger partial charge >= 0.3 is 18.3 Å². The highest BCUT2D eigenvalue weighted by atomic mass is 19.4. The third-order valence-corrected chi connectivity index (χ3v) is 4.79. The largest absolute Gasteiger partial charge is 0.459 e. The second-order valence-corrected chi connectivity index (χ2v) is 7.34. The lowest BCUT2D eigenvalue weighted by molar-refractivity contribution is -0.149. The molecule has 0 aliphatic rings. The number of esters is 1. The number of carbonyl (C=O) groups is 2. The summed E-state index contributed by atoms with van der Waals surface area (Å²) in [6.45, 7) is 0.327. The Morgan fingerprint density at radius 2 is 1.61 bits per heavy atom. The van der Waals surface area contributed by atoms with Crippen LogP contribution in [0.2, 0.25) is 0 Å². The molecule has 0 bridgehead atoms. The van der Waals surface area contributed by atoms with Crippen molar-refractivity contribution in [3.8, 4) is 0 Å². The number of alkyl halides is 6. The zero-order chi connectivity index (χ0) is 24.4. The molecule has 11 heteroatoms. The first kappa shape index (κ1) is 24.1. The number of aromatic nitrogens is 1. The summed E-state index contributed by atoms with van der Waals surface area (Å²) in [6, 6.07) is 6.92. The SMILES string of the molecule is CC(=O)N[C@H](Cc1c[nH]c2ccccc12)C(=O)OCc1cc(C(F)(F)F)cc(C(F)(F)F)c1. The molecule has 3 rings (SSSR count). The molecule has 0 aliphatic heterocycles. The van der Waals surface area contributed by atoms with Crippen LogP contribution < -0.4 is 5.32 Å². The topological polar surface area (TPSA) is 71.2 Å². The molecule has 2 N–H and O–H groups in total. The molecule has 0 saturated heterocycles. The molecule has 33 heavy (non-hydrogen) atoms. The van der Waals surface area contributed by atoms with Crippen LogP contribution in [0.3, 0.4) is 0 Å². The number of carbonyl (C=O) groups excluding carboxylic acids is 2. The average Bonchev–Trinajstić information content (AvgIpc) is 3.12. The van der Waals surface area contributed by atoms with Crippen molar-refractivity contribution in [1.29, 1.82) is 0 Å². The van der Waals surface area contributed by atoms with E-state index >= 15 is 0 Å². The van der Waals surface area contributed by atoms with E-state index in [0.717, 1.165) is 17.8 Å². The van der Waals surface area contributed by atoms with Gasteiger partial charge < -0.3 is 15.0 Å². The molecular formula is C22H18F6N2O3. The number of hydrogen-bond acceptors (Lipinski definition) is 3. The van der Waals surface area contributed by atoms with Crippen LogP contribution in [0.15, 0.2) is 48.7 Å². The maximum atomic E-state index is 13.0. The highest BCUT2D eigenvalue weighted by molar-refractivity contribution is 5.86. The van der Waals surface area contributed by atoms with Gasteiger partial charge in [0, 0.05) is 30.4 Å². The molecule has 0 saturated carbocycles. The first-order valence-electron chi connectivity index (χ1n) is 9.61. The predicted molar refractivity (Wildman–Crippen MR) is 106 cm³/mol. The molecular weight excluding hydrogens is 454 g/mol. The van der Waals surface area contributed by atoms with Gasteiger partial charge in [-0.2, -0.15) is 26.3 Å². The van der Waals surface area contributed by atoms with E-state index in [4.69, 9.17) is 4.74 Å². The van der Waals surface area contributed by atoms with E-state index < -0.39 is 53.6 Å². The second kappa shape index (κ2) is 9.16. The molecule has 1 atom stereocenters. The van der Waals surface area contributed by atoms with E-state index in [1.54, 1.807) is 30.5 Å². The van der Waals surface area contributed by atoms with Crippen LogP contribution in [0.4, 0.5) is 26.3 Å². The first-order chi connectivity index (χ1) is 15.3. The number of rotatable bonds is 6. The smallest absolute Gasteiger partial charge is 0.416 e. The Bertz CT molecular complexity index is 1130. The highest BCUT2D eigenvalue weighted by Gasteiger charge is 2.37. The molecule has 0 spiro atoms. The number of H-pyrrole nitrogens is 1. The van der Waals surface area contributed by atoms with Crippen LogP contribution in [-0.2, 0) is 39.7 Å². The van der Waals surface area contributed by atoms with Crippen molar-refractivity contribution in [1.82, 2.24) is 10.3 Å². The fraction of sp³-hybridized carbons (Fsp3) is 0.273. The van der Waals surface area contributed by atoms with Crippen LogP contribution >= 0.6 is 0 Å². The lowest BCUT2D eigenvalue weighted by Gasteiger charge is -2.18. The van der Waals surface area contributed by atoms with Gasteiger partial charge in [-0.25, -0.2) is 4.79 Å². The molecule has 0 fully saturated rings. The van der Waals surface area contributed by atoms with Crippen LogP contribution in [0.25, 0.3) is 10.9 Å². The van der Waals surface area contributed by atoms with E-state index in [9.17, 15) is 35.9 Å². The Balaban J connectivity index is 1.81. The summed E-state index contributed by atoms with van der Waals surface area (Å²) in [5.41, 5.74) is -2.06. The van der Waals surface area contributed by atoms with Gasteiger partial charge in [-0.3, -0.25) is 4.79 Å². The fourth-order valence-electron chi connectivity index (χ4n) is 3.32. The van der Waals surface area contributed by atoms with Crippen LogP contribution in [-0.4, -0.2) is 22.9 Å². The zero-order valence-corrected chi connectivity index (χ0v) is 17.1. The van der Waals surface area contributed by atoms with E-state index in [0.29, 0.717) is 17.7 Å². The molecule has 0 aliphatic carbocycles. The van der Waals surface area contributed by atoms with Gasteiger partial charge in [0.1, 0.15) is 12.6 Å². The molecule has 1 heterocycles. The second-order valence-electron chi connectivity index (χ2n) is 7.34. The van der Waals surface area contributed by atoms with E-state index in [1.807, 2.05) is 0 Å². The highest BCUT2D eigenvalue weighted by Crippen LogP contribution is 2.36. The zero-order valence-electron chi connectivity index (χ0n) is 17.1. The third kappa shape index (κ3) is 6.05. The van der Waals surface area contributed by atoms with Gasteiger partial charge in [0.25, 0.3) is 0 Å². The van der Waals surface area contributed by atoms with E-state index in [2.05, 4.69) is 10.3 Å². The Kier molecular flexibility index (Phi) is 6.71. The van der Waals surface area contributed by atoms with Gasteiger partial charge in [0.2, 0.25) is 5.91 Å². The van der Waals surface area contributed by atoms with Gasteiger partial charge in [0.05, 0.1) is 11.1 Å². The van der Waals surface area contributed by atoms with Crippen molar-refractivity contribution in [2.45, 2.75) is 38.3 Å². The Labute approximate surface area is 183 Å². The monoisotopic (exact) mass is 472 g/mol. The average molecular weight is 472 g/mol. The van der Waals surface area contributed by atoms with Gasteiger partial charge in [-0.15, -0.1) is 0 Å². The van der Waals surface area contributed by atoms with Gasteiger partial charge in [-0.1, -0.05) is 18.2 Å². The van der Waals surface area contributed by atoms with Crippen LogP contribution in [0.5, 0.6) is 0 Å². The minimum atomic E-state index is -5.02. The molecule has 176 valence electrons. The number of amides is 1. The first-order valence-corrected chi connectivity index (χ1v) is 9.61. The Morgan fingerprint density at radius 3 is 2.18 bits per heavy atom. The molecule has 1 aromatic heterocycles. The van der Waals surface area contributed by atoms with Crippen molar-refractivity contribution < 1.29 is 40.7 Å². The molecule has 2 aromatic carbocycles. The number of halogens is 6. The summed E-state index contributed by atoms with van der Waals surface area (Å²) in [7, 11) is 0. The maximum Gasteiger partial charge on any atom is 0.416 e. The number of nitrogens with one attached hydrogen (secondary N) is 2. The summed E-state index contributed by atoms with van der Waals surface area (Å²) in [5, 5.41) is 3.19. The lowest BCUT2D eigenvalue weighted by atomic mass is 10.0. The number of para-hydroxylation sites is 1.